The Hall–Kier alpha value is -1.09. The minimum atomic E-state index is -0.418. The summed E-state index contributed by atoms with van der Waals surface area (Å²) in [5, 5.41) is 9.65. The highest BCUT2D eigenvalue weighted by atomic mass is 16.5. The molecule has 0 aromatic carbocycles. The zero-order chi connectivity index (χ0) is 10.6. The molecule has 0 bridgehead atoms. The van der Waals surface area contributed by atoms with Gasteiger partial charge in [-0.1, -0.05) is 6.92 Å². The van der Waals surface area contributed by atoms with Crippen LogP contribution < -0.4 is 4.74 Å². The van der Waals surface area contributed by atoms with E-state index in [9.17, 15) is 5.11 Å². The average Bonchev–Trinajstić information content (AvgIpc) is 2.17. The second-order valence-electron chi connectivity index (χ2n) is 3.24. The molecular weight excluding hydrogens is 178 g/mol. The van der Waals surface area contributed by atoms with Crippen LogP contribution >= 0.6 is 0 Å². The van der Waals surface area contributed by atoms with Crippen molar-refractivity contribution in [3.63, 3.8) is 0 Å². The maximum Gasteiger partial charge on any atom is 0.213 e. The number of ether oxygens (including phenoxy) is 1. The lowest BCUT2D eigenvalue weighted by molar-refractivity contribution is 0.172. The third-order valence-electron chi connectivity index (χ3n) is 2.16. The van der Waals surface area contributed by atoms with Crippen LogP contribution in [0.1, 0.15) is 37.5 Å². The van der Waals surface area contributed by atoms with Crippen LogP contribution in [-0.4, -0.2) is 16.7 Å². The lowest BCUT2D eigenvalue weighted by Gasteiger charge is -2.12. The van der Waals surface area contributed by atoms with Crippen molar-refractivity contribution in [1.82, 2.24) is 4.98 Å². The van der Waals surface area contributed by atoms with Crippen LogP contribution in [0.5, 0.6) is 5.88 Å². The van der Waals surface area contributed by atoms with Gasteiger partial charge in [0.15, 0.2) is 0 Å². The summed E-state index contributed by atoms with van der Waals surface area (Å²) in [6.45, 7) is 6.44. The number of rotatable bonds is 4. The number of hydrogen-bond acceptors (Lipinski definition) is 3. The maximum atomic E-state index is 9.65. The smallest absolute Gasteiger partial charge is 0.213 e. The molecule has 0 unspecified atom stereocenters. The van der Waals surface area contributed by atoms with Gasteiger partial charge in [0.2, 0.25) is 5.88 Å². The van der Waals surface area contributed by atoms with Gasteiger partial charge < -0.3 is 9.84 Å². The van der Waals surface area contributed by atoms with Crippen molar-refractivity contribution in [2.24, 2.45) is 0 Å². The molecule has 0 aliphatic rings. The van der Waals surface area contributed by atoms with Crippen molar-refractivity contribution in [3.8, 4) is 5.88 Å². The summed E-state index contributed by atoms with van der Waals surface area (Å²) in [7, 11) is 0. The van der Waals surface area contributed by atoms with E-state index in [0.29, 0.717) is 18.9 Å². The molecule has 0 aliphatic carbocycles. The molecule has 0 fully saturated rings. The first-order valence-electron chi connectivity index (χ1n) is 4.96. The average molecular weight is 195 g/mol. The summed E-state index contributed by atoms with van der Waals surface area (Å²) < 4.78 is 5.26. The zero-order valence-corrected chi connectivity index (χ0v) is 8.95. The van der Waals surface area contributed by atoms with Gasteiger partial charge in [0.05, 0.1) is 12.7 Å². The molecule has 1 aromatic rings. The molecule has 0 spiro atoms. The Kier molecular flexibility index (Phi) is 3.89. The van der Waals surface area contributed by atoms with Crippen molar-refractivity contribution in [2.45, 2.75) is 33.3 Å². The second-order valence-corrected chi connectivity index (χ2v) is 3.24. The van der Waals surface area contributed by atoms with Crippen molar-refractivity contribution in [2.75, 3.05) is 6.61 Å². The highest BCUT2D eigenvalue weighted by Gasteiger charge is 2.09. The van der Waals surface area contributed by atoms with Gasteiger partial charge in [-0.05, 0) is 25.8 Å². The van der Waals surface area contributed by atoms with Gasteiger partial charge in [0.1, 0.15) is 0 Å². The molecule has 14 heavy (non-hydrogen) atoms. The molecule has 1 rings (SSSR count). The molecule has 1 aromatic heterocycles. The van der Waals surface area contributed by atoms with E-state index < -0.39 is 6.10 Å². The maximum absolute atomic E-state index is 9.65. The lowest BCUT2D eigenvalue weighted by atomic mass is 10.0. The second kappa shape index (κ2) is 4.96. The van der Waals surface area contributed by atoms with Crippen LogP contribution in [0.3, 0.4) is 0 Å². The first-order valence-corrected chi connectivity index (χ1v) is 4.96. The lowest BCUT2D eigenvalue weighted by Crippen LogP contribution is -2.01. The van der Waals surface area contributed by atoms with Crippen molar-refractivity contribution >= 4 is 0 Å². The molecule has 0 radical (unpaired) electrons. The Morgan fingerprint density at radius 2 is 2.21 bits per heavy atom. The molecule has 1 atom stereocenters. The largest absolute Gasteiger partial charge is 0.478 e. The van der Waals surface area contributed by atoms with E-state index in [1.165, 1.54) is 0 Å². The Balaban J connectivity index is 2.89. The van der Waals surface area contributed by atoms with Gasteiger partial charge in [0, 0.05) is 17.8 Å². The van der Waals surface area contributed by atoms with E-state index in [1.54, 1.807) is 6.20 Å². The SMILES string of the molecule is CCOc1cc(C)c([C@H](O)CC)cn1. The third-order valence-corrected chi connectivity index (χ3v) is 2.16. The van der Waals surface area contributed by atoms with Gasteiger partial charge >= 0.3 is 0 Å². The van der Waals surface area contributed by atoms with Crippen LogP contribution in [0.4, 0.5) is 0 Å². The van der Waals surface area contributed by atoms with Crippen LogP contribution in [-0.2, 0) is 0 Å². The zero-order valence-electron chi connectivity index (χ0n) is 8.95. The Bertz CT molecular complexity index is 299. The molecule has 0 amide bonds. The summed E-state index contributed by atoms with van der Waals surface area (Å²) in [6, 6.07) is 1.86. The molecule has 1 N–H and O–H groups in total. The normalized spacial score (nSPS) is 12.6. The van der Waals surface area contributed by atoms with E-state index in [2.05, 4.69) is 4.98 Å². The molecule has 0 saturated heterocycles. The summed E-state index contributed by atoms with van der Waals surface area (Å²) in [6.07, 6.45) is 1.98. The number of aryl methyl sites for hydroxylation is 1. The fourth-order valence-electron chi connectivity index (χ4n) is 1.34. The highest BCUT2D eigenvalue weighted by molar-refractivity contribution is 5.29. The quantitative estimate of drug-likeness (QED) is 0.801. The molecule has 3 nitrogen and oxygen atoms in total. The number of aliphatic hydroxyl groups is 1. The number of aliphatic hydroxyl groups excluding tert-OH is 1. The molecule has 0 aliphatic heterocycles. The molecule has 1 heterocycles. The number of hydrogen-bond donors (Lipinski definition) is 1. The van der Waals surface area contributed by atoms with Gasteiger partial charge in [-0.15, -0.1) is 0 Å². The summed E-state index contributed by atoms with van der Waals surface area (Å²) >= 11 is 0. The third kappa shape index (κ3) is 2.45. The van der Waals surface area contributed by atoms with Crippen LogP contribution in [0.2, 0.25) is 0 Å². The number of pyridine rings is 1. The van der Waals surface area contributed by atoms with Crippen molar-refractivity contribution in [3.05, 3.63) is 23.4 Å². The highest BCUT2D eigenvalue weighted by Crippen LogP contribution is 2.22. The van der Waals surface area contributed by atoms with E-state index in [0.717, 1.165) is 11.1 Å². The van der Waals surface area contributed by atoms with Gasteiger partial charge in [-0.2, -0.15) is 0 Å². The van der Waals surface area contributed by atoms with E-state index >= 15 is 0 Å². The molecular formula is C11H17NO2. The fraction of sp³-hybridized carbons (Fsp3) is 0.545. The van der Waals surface area contributed by atoms with Crippen molar-refractivity contribution < 1.29 is 9.84 Å². The Morgan fingerprint density at radius 3 is 2.71 bits per heavy atom. The van der Waals surface area contributed by atoms with Crippen LogP contribution in [0, 0.1) is 6.92 Å². The number of nitrogens with zero attached hydrogens (tertiary/aromatic N) is 1. The summed E-state index contributed by atoms with van der Waals surface area (Å²) in [5.74, 6) is 0.622. The van der Waals surface area contributed by atoms with E-state index in [1.807, 2.05) is 26.8 Å². The Labute approximate surface area is 84.7 Å². The standard InChI is InChI=1S/C11H17NO2/c1-4-10(13)9-7-12-11(14-5-2)6-8(9)3/h6-7,10,13H,4-5H2,1-3H3/t10-/m1/s1. The monoisotopic (exact) mass is 195 g/mol. The topological polar surface area (TPSA) is 42.4 Å². The minimum Gasteiger partial charge on any atom is -0.478 e. The first kappa shape index (κ1) is 11.0. The van der Waals surface area contributed by atoms with Crippen LogP contribution in [0.15, 0.2) is 12.3 Å². The Morgan fingerprint density at radius 1 is 1.50 bits per heavy atom. The van der Waals surface area contributed by atoms with Gasteiger partial charge in [-0.25, -0.2) is 4.98 Å². The molecule has 0 saturated carbocycles. The minimum absolute atomic E-state index is 0.418. The van der Waals surface area contributed by atoms with Gasteiger partial charge in [-0.3, -0.25) is 0 Å². The van der Waals surface area contributed by atoms with Gasteiger partial charge in [0.25, 0.3) is 0 Å². The summed E-state index contributed by atoms with van der Waals surface area (Å²) in [5.41, 5.74) is 1.91. The predicted octanol–water partition coefficient (Wildman–Crippen LogP) is 2.23. The number of aromatic nitrogens is 1. The molecule has 3 heteroatoms. The first-order chi connectivity index (χ1) is 6.69. The van der Waals surface area contributed by atoms with Crippen molar-refractivity contribution in [1.29, 1.82) is 0 Å². The summed E-state index contributed by atoms with van der Waals surface area (Å²) in [4.78, 5) is 4.12. The molecule has 78 valence electrons. The fourth-order valence-corrected chi connectivity index (χ4v) is 1.34. The van der Waals surface area contributed by atoms with E-state index in [4.69, 9.17) is 4.74 Å². The van der Waals surface area contributed by atoms with Crippen LogP contribution in [0.25, 0.3) is 0 Å². The van der Waals surface area contributed by atoms with E-state index in [-0.39, 0.29) is 0 Å². The predicted molar refractivity (Wildman–Crippen MR) is 55.4 cm³/mol.